The molecule has 1 unspecified atom stereocenters. The molecule has 0 aliphatic carbocycles. The number of carbonyl (C=O) groups excluding carboxylic acids is 2. The van der Waals surface area contributed by atoms with E-state index in [0.717, 1.165) is 0 Å². The number of aryl methyl sites for hydroxylation is 1. The van der Waals surface area contributed by atoms with Gasteiger partial charge in [-0.15, -0.1) is 0 Å². The van der Waals surface area contributed by atoms with E-state index in [1.165, 1.54) is 0 Å². The van der Waals surface area contributed by atoms with Gasteiger partial charge in [0.2, 0.25) is 5.91 Å². The van der Waals surface area contributed by atoms with Crippen LogP contribution in [0.25, 0.3) is 0 Å². The summed E-state index contributed by atoms with van der Waals surface area (Å²) in [6.45, 7) is 6.03. The van der Waals surface area contributed by atoms with Crippen molar-refractivity contribution in [3.8, 4) is 0 Å². The van der Waals surface area contributed by atoms with Gasteiger partial charge >= 0.3 is 0 Å². The molecule has 1 aromatic heterocycles. The van der Waals surface area contributed by atoms with Gasteiger partial charge in [-0.2, -0.15) is 0 Å². The first-order chi connectivity index (χ1) is 11.4. The number of hydrogen-bond donors (Lipinski definition) is 0. The summed E-state index contributed by atoms with van der Waals surface area (Å²) in [5.74, 6) is -0.163. The quantitative estimate of drug-likeness (QED) is 0.754. The molecule has 24 heavy (non-hydrogen) atoms. The van der Waals surface area contributed by atoms with Crippen molar-refractivity contribution in [2.24, 2.45) is 7.05 Å². The topological polar surface area (TPSA) is 76.9 Å². The van der Waals surface area contributed by atoms with Crippen LogP contribution in [0.5, 0.6) is 0 Å². The summed E-state index contributed by atoms with van der Waals surface area (Å²) in [6.07, 6.45) is 3.31. The monoisotopic (exact) mass is 336 g/mol. The Hall–Kier alpha value is -1.93. The van der Waals surface area contributed by atoms with Crippen molar-refractivity contribution in [1.82, 2.24) is 19.4 Å². The van der Waals surface area contributed by atoms with Crippen LogP contribution in [0, 0.1) is 0 Å². The predicted octanol–water partition coefficient (Wildman–Crippen LogP) is -0.101. The Morgan fingerprint density at radius 1 is 1.38 bits per heavy atom. The highest BCUT2D eigenvalue weighted by Crippen LogP contribution is 2.25. The number of amides is 2. The van der Waals surface area contributed by atoms with Crippen molar-refractivity contribution in [3.05, 3.63) is 18.2 Å². The van der Waals surface area contributed by atoms with Crippen LogP contribution in [-0.4, -0.2) is 82.3 Å². The van der Waals surface area contributed by atoms with Gasteiger partial charge in [0, 0.05) is 25.8 Å². The second-order valence-electron chi connectivity index (χ2n) is 6.79. The largest absolute Gasteiger partial charge is 0.368 e. The molecule has 1 atom stereocenters. The molecule has 8 nitrogen and oxygen atoms in total. The van der Waals surface area contributed by atoms with Crippen molar-refractivity contribution < 1.29 is 19.1 Å². The lowest BCUT2D eigenvalue weighted by Gasteiger charge is -2.43. The van der Waals surface area contributed by atoms with Gasteiger partial charge in [-0.1, -0.05) is 0 Å². The number of hydrogen-bond acceptors (Lipinski definition) is 5. The van der Waals surface area contributed by atoms with E-state index in [9.17, 15) is 9.59 Å². The first-order valence-electron chi connectivity index (χ1n) is 8.19. The fraction of sp³-hybridized carbons (Fsp3) is 0.688. The van der Waals surface area contributed by atoms with Crippen molar-refractivity contribution in [2.75, 3.05) is 39.5 Å². The highest BCUT2D eigenvalue weighted by Gasteiger charge is 2.44. The minimum Gasteiger partial charge on any atom is -0.368 e. The zero-order valence-electron chi connectivity index (χ0n) is 14.4. The van der Waals surface area contributed by atoms with E-state index in [0.29, 0.717) is 38.5 Å². The first-order valence-corrected chi connectivity index (χ1v) is 8.19. The number of carbonyl (C=O) groups is 2. The fourth-order valence-corrected chi connectivity index (χ4v) is 3.21. The second-order valence-corrected chi connectivity index (χ2v) is 6.79. The average molecular weight is 336 g/mol. The smallest absolute Gasteiger partial charge is 0.274 e. The summed E-state index contributed by atoms with van der Waals surface area (Å²) >= 11 is 0. The molecule has 0 radical (unpaired) electrons. The number of aromatic nitrogens is 2. The number of nitrogens with zero attached hydrogens (tertiary/aromatic N) is 4. The molecule has 0 N–H and O–H groups in total. The summed E-state index contributed by atoms with van der Waals surface area (Å²) in [7, 11) is 1.83. The lowest BCUT2D eigenvalue weighted by molar-refractivity contribution is -0.140. The molecule has 3 heterocycles. The molecule has 2 fully saturated rings. The third-order valence-corrected chi connectivity index (χ3v) is 4.45. The van der Waals surface area contributed by atoms with Gasteiger partial charge in [0.1, 0.15) is 17.9 Å². The zero-order chi connectivity index (χ0) is 17.3. The van der Waals surface area contributed by atoms with Crippen molar-refractivity contribution in [3.63, 3.8) is 0 Å². The van der Waals surface area contributed by atoms with Gasteiger partial charge in [0.25, 0.3) is 5.91 Å². The van der Waals surface area contributed by atoms with Gasteiger partial charge in [-0.25, -0.2) is 4.98 Å². The number of imidazole rings is 1. The fourth-order valence-electron chi connectivity index (χ4n) is 3.21. The Bertz CT molecular complexity index is 629. The zero-order valence-corrected chi connectivity index (χ0v) is 14.4. The van der Waals surface area contributed by atoms with E-state index in [2.05, 4.69) is 4.98 Å². The molecular weight excluding hydrogens is 312 g/mol. The molecule has 2 amide bonds. The second kappa shape index (κ2) is 6.52. The first kappa shape index (κ1) is 16.9. The van der Waals surface area contributed by atoms with Crippen LogP contribution in [0.2, 0.25) is 0 Å². The molecule has 8 heteroatoms. The van der Waals surface area contributed by atoms with E-state index in [1.807, 2.05) is 20.9 Å². The molecule has 0 aromatic carbocycles. The standard InChI is InChI=1S/C16H24N4O4/c1-12(2)20-9-16(10-23-7-14(20)21)8-19(4-5-24-16)15(22)13-6-18(3)11-17-13/h6,11-12H,4-5,7-10H2,1-3H3. The molecule has 2 aliphatic rings. The van der Waals surface area contributed by atoms with Crippen molar-refractivity contribution in [2.45, 2.75) is 25.5 Å². The summed E-state index contributed by atoms with van der Waals surface area (Å²) in [6, 6.07) is 0.0570. The summed E-state index contributed by atoms with van der Waals surface area (Å²) < 4.78 is 13.3. The molecule has 132 valence electrons. The predicted molar refractivity (Wildman–Crippen MR) is 85.5 cm³/mol. The van der Waals surface area contributed by atoms with E-state index in [1.54, 1.807) is 26.9 Å². The third kappa shape index (κ3) is 3.29. The van der Waals surface area contributed by atoms with Crippen LogP contribution >= 0.6 is 0 Å². The molecule has 0 saturated carbocycles. The van der Waals surface area contributed by atoms with Gasteiger partial charge in [0.15, 0.2) is 0 Å². The highest BCUT2D eigenvalue weighted by atomic mass is 16.5. The van der Waals surface area contributed by atoms with Gasteiger partial charge in [-0.3, -0.25) is 9.59 Å². The number of morpholine rings is 1. The van der Waals surface area contributed by atoms with E-state index in [4.69, 9.17) is 9.47 Å². The van der Waals surface area contributed by atoms with Crippen molar-refractivity contribution >= 4 is 11.8 Å². The lowest BCUT2D eigenvalue weighted by atomic mass is 10.0. The summed E-state index contributed by atoms with van der Waals surface area (Å²) in [5, 5.41) is 0. The molecule has 2 aliphatic heterocycles. The number of rotatable bonds is 2. The van der Waals surface area contributed by atoms with Gasteiger partial charge < -0.3 is 23.8 Å². The maximum absolute atomic E-state index is 12.7. The summed E-state index contributed by atoms with van der Waals surface area (Å²) in [5.41, 5.74) is -0.264. The highest BCUT2D eigenvalue weighted by molar-refractivity contribution is 5.92. The van der Waals surface area contributed by atoms with Crippen molar-refractivity contribution in [1.29, 1.82) is 0 Å². The Balaban J connectivity index is 1.78. The van der Waals surface area contributed by atoms with Crippen LogP contribution in [0.1, 0.15) is 24.3 Å². The lowest BCUT2D eigenvalue weighted by Crippen LogP contribution is -2.60. The van der Waals surface area contributed by atoms with Crippen LogP contribution in [0.3, 0.4) is 0 Å². The van der Waals surface area contributed by atoms with Crippen LogP contribution < -0.4 is 0 Å². The Morgan fingerprint density at radius 3 is 2.83 bits per heavy atom. The van der Waals surface area contributed by atoms with E-state index >= 15 is 0 Å². The SMILES string of the molecule is CC(C)N1CC2(COCC1=O)CN(C(=O)c1cn(C)cn1)CCO2. The average Bonchev–Trinajstić information content (AvgIpc) is 2.91. The minimum absolute atomic E-state index is 0.0429. The molecular formula is C16H24N4O4. The normalized spacial score (nSPS) is 25.4. The molecule has 3 rings (SSSR count). The van der Waals surface area contributed by atoms with Gasteiger partial charge in [-0.05, 0) is 13.8 Å². The van der Waals surface area contributed by atoms with Crippen LogP contribution in [0.4, 0.5) is 0 Å². The van der Waals surface area contributed by atoms with E-state index in [-0.39, 0.29) is 24.5 Å². The minimum atomic E-state index is -0.681. The molecule has 2 saturated heterocycles. The van der Waals surface area contributed by atoms with E-state index < -0.39 is 5.60 Å². The Kier molecular flexibility index (Phi) is 4.60. The maximum atomic E-state index is 12.7. The molecule has 1 spiro atoms. The molecule has 0 bridgehead atoms. The van der Waals surface area contributed by atoms with Crippen LogP contribution in [-0.2, 0) is 21.3 Å². The maximum Gasteiger partial charge on any atom is 0.274 e. The summed E-state index contributed by atoms with van der Waals surface area (Å²) in [4.78, 5) is 32.5. The Labute approximate surface area is 141 Å². The third-order valence-electron chi connectivity index (χ3n) is 4.45. The molecule has 1 aromatic rings. The number of ether oxygens (including phenoxy) is 2. The van der Waals surface area contributed by atoms with Crippen LogP contribution in [0.15, 0.2) is 12.5 Å². The van der Waals surface area contributed by atoms with Gasteiger partial charge in [0.05, 0.1) is 32.6 Å². The Morgan fingerprint density at radius 2 is 2.17 bits per heavy atom.